The Hall–Kier alpha value is -1.64. The van der Waals surface area contributed by atoms with Gasteiger partial charge in [-0.15, -0.1) is 0 Å². The molecule has 0 spiro atoms. The molecule has 0 N–H and O–H groups in total. The third kappa shape index (κ3) is 3.90. The minimum absolute atomic E-state index is 0.0382. The van der Waals surface area contributed by atoms with E-state index in [2.05, 4.69) is 9.88 Å². The zero-order valence-corrected chi connectivity index (χ0v) is 18.5. The van der Waals surface area contributed by atoms with Gasteiger partial charge in [-0.05, 0) is 31.2 Å². The maximum absolute atomic E-state index is 13.0. The lowest BCUT2D eigenvalue weighted by molar-refractivity contribution is 0.383. The smallest absolute Gasteiger partial charge is 0.244 e. The molecule has 0 bridgehead atoms. The number of sulfonamides is 1. The van der Waals surface area contributed by atoms with Crippen LogP contribution < -0.4 is 4.90 Å². The van der Waals surface area contributed by atoms with Crippen LogP contribution in [0.25, 0.3) is 11.0 Å². The number of piperazine rings is 1. The molecule has 29 heavy (non-hydrogen) atoms. The fourth-order valence-electron chi connectivity index (χ4n) is 3.36. The highest BCUT2D eigenvalue weighted by atomic mass is 35.5. The van der Waals surface area contributed by atoms with Crippen molar-refractivity contribution in [2.75, 3.05) is 31.1 Å². The monoisotopic (exact) mass is 470 g/mol. The van der Waals surface area contributed by atoms with Gasteiger partial charge in [0.25, 0.3) is 0 Å². The number of aryl methyl sites for hydroxylation is 1. The summed E-state index contributed by atoms with van der Waals surface area (Å²) in [6.07, 6.45) is 0. The quantitative estimate of drug-likeness (QED) is 0.529. The van der Waals surface area contributed by atoms with Crippen molar-refractivity contribution in [1.29, 1.82) is 0 Å². The van der Waals surface area contributed by atoms with Crippen molar-refractivity contribution in [2.45, 2.75) is 11.8 Å². The van der Waals surface area contributed by atoms with Gasteiger partial charge < -0.3 is 4.90 Å². The second kappa shape index (κ2) is 7.89. The van der Waals surface area contributed by atoms with E-state index in [4.69, 9.17) is 39.8 Å². The second-order valence-corrected chi connectivity index (χ2v) is 9.84. The van der Waals surface area contributed by atoms with E-state index in [1.54, 1.807) is 0 Å². The van der Waals surface area contributed by atoms with Gasteiger partial charge in [0.15, 0.2) is 5.82 Å². The lowest BCUT2D eigenvalue weighted by atomic mass is 10.2. The van der Waals surface area contributed by atoms with E-state index < -0.39 is 10.0 Å². The third-order valence-electron chi connectivity index (χ3n) is 4.85. The molecule has 2 aromatic carbocycles. The summed E-state index contributed by atoms with van der Waals surface area (Å²) in [6, 6.07) is 10.3. The van der Waals surface area contributed by atoms with Gasteiger partial charge in [-0.25, -0.2) is 18.4 Å². The molecular formula is C19H17Cl3N4O2S. The maximum atomic E-state index is 13.0. The van der Waals surface area contributed by atoms with Crippen LogP contribution >= 0.6 is 34.8 Å². The summed E-state index contributed by atoms with van der Waals surface area (Å²) in [7, 11) is -3.79. The highest BCUT2D eigenvalue weighted by molar-refractivity contribution is 7.89. The number of hydrogen-bond donors (Lipinski definition) is 0. The predicted molar refractivity (Wildman–Crippen MR) is 117 cm³/mol. The lowest BCUT2D eigenvalue weighted by Gasteiger charge is -2.35. The Balaban J connectivity index is 1.57. The summed E-state index contributed by atoms with van der Waals surface area (Å²) in [6.45, 7) is 3.49. The Kier molecular flexibility index (Phi) is 5.61. The number of fused-ring (bicyclic) bond motifs is 1. The highest BCUT2D eigenvalue weighted by Crippen LogP contribution is 2.33. The minimum atomic E-state index is -3.79. The molecule has 0 atom stereocenters. The van der Waals surface area contributed by atoms with E-state index in [0.717, 1.165) is 22.5 Å². The highest BCUT2D eigenvalue weighted by Gasteiger charge is 2.31. The number of rotatable bonds is 3. The molecule has 6 nitrogen and oxygen atoms in total. The molecule has 0 aliphatic carbocycles. The Morgan fingerprint density at radius 3 is 2.10 bits per heavy atom. The molecule has 1 fully saturated rings. The number of para-hydroxylation sites is 2. The Labute approximate surface area is 184 Å². The average Bonchev–Trinajstić information content (AvgIpc) is 2.70. The molecule has 152 valence electrons. The first-order chi connectivity index (χ1) is 13.8. The van der Waals surface area contributed by atoms with Crippen LogP contribution in [0.5, 0.6) is 0 Å². The number of benzene rings is 2. The summed E-state index contributed by atoms with van der Waals surface area (Å²) >= 11 is 18.1. The molecule has 0 saturated carbocycles. The normalized spacial score (nSPS) is 15.8. The number of aromatic nitrogens is 2. The van der Waals surface area contributed by atoms with Crippen molar-refractivity contribution >= 4 is 61.7 Å². The molecule has 10 heteroatoms. The average molecular weight is 472 g/mol. The summed E-state index contributed by atoms with van der Waals surface area (Å²) in [5.41, 5.74) is 2.46. The number of nitrogens with zero attached hydrogens (tertiary/aromatic N) is 4. The van der Waals surface area contributed by atoms with E-state index in [1.165, 1.54) is 16.4 Å². The van der Waals surface area contributed by atoms with Crippen LogP contribution in [-0.4, -0.2) is 48.9 Å². The fourth-order valence-corrected chi connectivity index (χ4v) is 5.76. The van der Waals surface area contributed by atoms with Crippen LogP contribution in [0.4, 0.5) is 5.82 Å². The van der Waals surface area contributed by atoms with Crippen LogP contribution in [0.2, 0.25) is 15.1 Å². The molecule has 4 rings (SSSR count). The zero-order valence-electron chi connectivity index (χ0n) is 15.4. The first-order valence-corrected chi connectivity index (χ1v) is 11.5. The summed E-state index contributed by atoms with van der Waals surface area (Å²) < 4.78 is 27.5. The third-order valence-corrected chi connectivity index (χ3v) is 7.94. The molecular weight excluding hydrogens is 455 g/mol. The molecule has 0 amide bonds. The van der Waals surface area contributed by atoms with Crippen LogP contribution in [0.1, 0.15) is 5.69 Å². The molecule has 2 heterocycles. The van der Waals surface area contributed by atoms with Crippen molar-refractivity contribution < 1.29 is 8.42 Å². The minimum Gasteiger partial charge on any atom is -0.352 e. The molecule has 1 aromatic heterocycles. The summed E-state index contributed by atoms with van der Waals surface area (Å²) in [5.74, 6) is 0.772. The van der Waals surface area contributed by atoms with Gasteiger partial charge in [-0.3, -0.25) is 0 Å². The second-order valence-electron chi connectivity index (χ2n) is 6.71. The molecule has 1 aliphatic rings. The molecule has 0 radical (unpaired) electrons. The van der Waals surface area contributed by atoms with Crippen molar-refractivity contribution in [1.82, 2.24) is 14.3 Å². The topological polar surface area (TPSA) is 66.4 Å². The SMILES string of the molecule is Cc1nc2ccccc2nc1N1CCN(S(=O)(=O)c2cc(Cl)c(Cl)cc2Cl)CC1. The molecule has 3 aromatic rings. The van der Waals surface area contributed by atoms with Gasteiger partial charge in [-0.2, -0.15) is 4.31 Å². The van der Waals surface area contributed by atoms with Crippen molar-refractivity contribution in [2.24, 2.45) is 0 Å². The number of hydrogen-bond acceptors (Lipinski definition) is 5. The van der Waals surface area contributed by atoms with Gasteiger partial charge in [0.1, 0.15) is 4.90 Å². The van der Waals surface area contributed by atoms with E-state index in [1.807, 2.05) is 31.2 Å². The van der Waals surface area contributed by atoms with Gasteiger partial charge in [-0.1, -0.05) is 46.9 Å². The predicted octanol–water partition coefficient (Wildman–Crippen LogP) is 4.41. The Morgan fingerprint density at radius 2 is 1.45 bits per heavy atom. The lowest BCUT2D eigenvalue weighted by Crippen LogP contribution is -2.49. The van der Waals surface area contributed by atoms with Gasteiger partial charge >= 0.3 is 0 Å². The van der Waals surface area contributed by atoms with Gasteiger partial charge in [0.05, 0.1) is 31.8 Å². The van der Waals surface area contributed by atoms with Crippen molar-refractivity contribution in [3.05, 3.63) is 57.2 Å². The van der Waals surface area contributed by atoms with Crippen LogP contribution in [0.3, 0.4) is 0 Å². The molecule has 1 aliphatic heterocycles. The maximum Gasteiger partial charge on any atom is 0.244 e. The van der Waals surface area contributed by atoms with Crippen molar-refractivity contribution in [3.8, 4) is 0 Å². The van der Waals surface area contributed by atoms with E-state index in [0.29, 0.717) is 26.2 Å². The van der Waals surface area contributed by atoms with E-state index in [-0.39, 0.29) is 20.0 Å². The van der Waals surface area contributed by atoms with Gasteiger partial charge in [0.2, 0.25) is 10.0 Å². The first kappa shape index (κ1) is 20.6. The van der Waals surface area contributed by atoms with Crippen molar-refractivity contribution in [3.63, 3.8) is 0 Å². The van der Waals surface area contributed by atoms with E-state index >= 15 is 0 Å². The zero-order chi connectivity index (χ0) is 20.8. The number of anilines is 1. The van der Waals surface area contributed by atoms with Crippen LogP contribution in [-0.2, 0) is 10.0 Å². The van der Waals surface area contributed by atoms with Gasteiger partial charge in [0, 0.05) is 26.2 Å². The molecule has 0 unspecified atom stereocenters. The first-order valence-electron chi connectivity index (χ1n) is 8.90. The van der Waals surface area contributed by atoms with Crippen LogP contribution in [0.15, 0.2) is 41.3 Å². The van der Waals surface area contributed by atoms with E-state index in [9.17, 15) is 8.42 Å². The summed E-state index contributed by atoms with van der Waals surface area (Å²) in [5, 5.41) is 0.416. The Bertz CT molecular complexity index is 1200. The molecule has 1 saturated heterocycles. The standard InChI is InChI=1S/C19H17Cl3N4O2S/c1-12-19(24-17-5-3-2-4-16(17)23-12)25-6-8-26(9-7-25)29(27,28)18-11-14(21)13(20)10-15(18)22/h2-5,10-11H,6-9H2,1H3. The van der Waals surface area contributed by atoms with Crippen LogP contribution in [0, 0.1) is 6.92 Å². The largest absolute Gasteiger partial charge is 0.352 e. The Morgan fingerprint density at radius 1 is 0.862 bits per heavy atom. The number of halogens is 3. The fraction of sp³-hybridized carbons (Fsp3) is 0.263. The summed E-state index contributed by atoms with van der Waals surface area (Å²) in [4.78, 5) is 11.4.